The summed E-state index contributed by atoms with van der Waals surface area (Å²) >= 11 is 1.89. The van der Waals surface area contributed by atoms with E-state index in [1.54, 1.807) is 0 Å². The maximum atomic E-state index is 12.4. The van der Waals surface area contributed by atoms with Crippen molar-refractivity contribution in [1.29, 1.82) is 5.26 Å². The lowest BCUT2D eigenvalue weighted by molar-refractivity contribution is -0.138. The molecule has 0 saturated heterocycles. The molecular formula is C14H23NOS. The van der Waals surface area contributed by atoms with Gasteiger partial charge in [0.05, 0.1) is 6.07 Å². The van der Waals surface area contributed by atoms with Gasteiger partial charge in [-0.25, -0.2) is 0 Å². The number of hydrogen-bond acceptors (Lipinski definition) is 3. The highest BCUT2D eigenvalue weighted by atomic mass is 32.2. The van der Waals surface area contributed by atoms with Crippen LogP contribution in [-0.2, 0) is 4.79 Å². The first-order chi connectivity index (χ1) is 7.98. The van der Waals surface area contributed by atoms with E-state index in [1.807, 2.05) is 25.6 Å². The summed E-state index contributed by atoms with van der Waals surface area (Å²) in [5.74, 6) is 2.35. The van der Waals surface area contributed by atoms with Gasteiger partial charge in [-0.3, -0.25) is 4.79 Å². The summed E-state index contributed by atoms with van der Waals surface area (Å²) in [6.45, 7) is 6.11. The Morgan fingerprint density at radius 3 is 2.71 bits per heavy atom. The second-order valence-corrected chi connectivity index (χ2v) is 6.95. The summed E-state index contributed by atoms with van der Waals surface area (Å²) in [7, 11) is 0. The van der Waals surface area contributed by atoms with Gasteiger partial charge >= 0.3 is 0 Å². The molecule has 1 aliphatic rings. The smallest absolute Gasteiger partial charge is 0.158 e. The lowest BCUT2D eigenvalue weighted by Crippen LogP contribution is -2.43. The van der Waals surface area contributed by atoms with E-state index in [0.717, 1.165) is 43.6 Å². The number of nitrogens with zero attached hydrogens (tertiary/aromatic N) is 1. The van der Waals surface area contributed by atoms with Crippen LogP contribution in [0.5, 0.6) is 0 Å². The van der Waals surface area contributed by atoms with E-state index in [0.29, 0.717) is 0 Å². The third kappa shape index (κ3) is 3.25. The average Bonchev–Trinajstić information content (AvgIpc) is 2.30. The van der Waals surface area contributed by atoms with Crippen molar-refractivity contribution >= 4 is 17.5 Å². The molecule has 0 amide bonds. The number of hydrogen-bond donors (Lipinski definition) is 0. The van der Waals surface area contributed by atoms with Crippen LogP contribution < -0.4 is 0 Å². The van der Waals surface area contributed by atoms with E-state index in [4.69, 9.17) is 0 Å². The van der Waals surface area contributed by atoms with Crippen LogP contribution in [0, 0.1) is 22.2 Å². The van der Waals surface area contributed by atoms with Crippen LogP contribution in [-0.4, -0.2) is 17.3 Å². The van der Waals surface area contributed by atoms with Gasteiger partial charge in [-0.1, -0.05) is 27.2 Å². The highest BCUT2D eigenvalue weighted by Crippen LogP contribution is 2.45. The Bertz CT molecular complexity index is 319. The molecule has 1 aliphatic carbocycles. The molecular weight excluding hydrogens is 230 g/mol. The number of ketones is 1. The van der Waals surface area contributed by atoms with Gasteiger partial charge < -0.3 is 0 Å². The first-order valence-electron chi connectivity index (χ1n) is 6.52. The lowest BCUT2D eigenvalue weighted by Gasteiger charge is -2.39. The zero-order valence-electron chi connectivity index (χ0n) is 11.2. The SMILES string of the molecule is CCSCCCC1(C#N)CCCC(C)(C)C1=O. The molecule has 0 aromatic carbocycles. The van der Waals surface area contributed by atoms with Gasteiger partial charge in [-0.15, -0.1) is 0 Å². The Hall–Kier alpha value is -0.490. The molecule has 1 atom stereocenters. The maximum Gasteiger partial charge on any atom is 0.158 e. The predicted octanol–water partition coefficient (Wildman–Crippen LogP) is 3.81. The molecule has 0 aromatic heterocycles. The van der Waals surface area contributed by atoms with Gasteiger partial charge in [0.1, 0.15) is 5.41 Å². The van der Waals surface area contributed by atoms with E-state index >= 15 is 0 Å². The summed E-state index contributed by atoms with van der Waals surface area (Å²) in [6.07, 6.45) is 4.43. The zero-order chi connectivity index (χ0) is 12.9. The second kappa shape index (κ2) is 5.91. The van der Waals surface area contributed by atoms with Crippen molar-refractivity contribution in [3.63, 3.8) is 0 Å². The fourth-order valence-electron chi connectivity index (χ4n) is 2.73. The molecule has 3 heteroatoms. The lowest BCUT2D eigenvalue weighted by atomic mass is 9.61. The second-order valence-electron chi connectivity index (χ2n) is 5.56. The van der Waals surface area contributed by atoms with Gasteiger partial charge in [-0.2, -0.15) is 17.0 Å². The van der Waals surface area contributed by atoms with Crippen LogP contribution in [0.2, 0.25) is 0 Å². The molecule has 0 aromatic rings. The van der Waals surface area contributed by atoms with Crippen LogP contribution >= 0.6 is 11.8 Å². The summed E-state index contributed by atoms with van der Waals surface area (Å²) in [6, 6.07) is 2.34. The molecule has 0 N–H and O–H groups in total. The quantitative estimate of drug-likeness (QED) is 0.700. The first-order valence-corrected chi connectivity index (χ1v) is 7.68. The molecule has 1 unspecified atom stereocenters. The molecule has 1 saturated carbocycles. The largest absolute Gasteiger partial charge is 0.297 e. The third-order valence-electron chi connectivity index (χ3n) is 3.77. The number of carbonyl (C=O) groups excluding carboxylic acids is 1. The molecule has 1 rings (SSSR count). The van der Waals surface area contributed by atoms with Gasteiger partial charge in [0.25, 0.3) is 0 Å². The monoisotopic (exact) mass is 253 g/mol. The van der Waals surface area contributed by atoms with Crippen molar-refractivity contribution in [2.75, 3.05) is 11.5 Å². The van der Waals surface area contributed by atoms with Gasteiger partial charge in [0.2, 0.25) is 0 Å². The van der Waals surface area contributed by atoms with E-state index in [-0.39, 0.29) is 11.2 Å². The van der Waals surface area contributed by atoms with Crippen molar-refractivity contribution in [2.24, 2.45) is 10.8 Å². The maximum absolute atomic E-state index is 12.4. The fraction of sp³-hybridized carbons (Fsp3) is 0.857. The van der Waals surface area contributed by atoms with Crippen LogP contribution in [0.4, 0.5) is 0 Å². The minimum absolute atomic E-state index is 0.181. The van der Waals surface area contributed by atoms with E-state index < -0.39 is 5.41 Å². The Morgan fingerprint density at radius 1 is 1.41 bits per heavy atom. The van der Waals surface area contributed by atoms with Gasteiger partial charge in [0.15, 0.2) is 5.78 Å². The molecule has 0 radical (unpaired) electrons. The highest BCUT2D eigenvalue weighted by Gasteiger charge is 2.48. The molecule has 0 aliphatic heterocycles. The molecule has 0 heterocycles. The van der Waals surface area contributed by atoms with E-state index in [1.165, 1.54) is 0 Å². The fourth-order valence-corrected chi connectivity index (χ4v) is 3.37. The Labute approximate surface area is 109 Å². The molecule has 0 bridgehead atoms. The topological polar surface area (TPSA) is 40.9 Å². The van der Waals surface area contributed by atoms with Crippen molar-refractivity contribution in [1.82, 2.24) is 0 Å². The molecule has 2 nitrogen and oxygen atoms in total. The molecule has 96 valence electrons. The first kappa shape index (κ1) is 14.6. The summed E-state index contributed by atoms with van der Waals surface area (Å²) in [5.41, 5.74) is -0.984. The number of Topliss-reactive ketones (excluding diaryl/α,β-unsaturated/α-hetero) is 1. The van der Waals surface area contributed by atoms with Crippen molar-refractivity contribution in [3.05, 3.63) is 0 Å². The predicted molar refractivity (Wildman–Crippen MR) is 72.9 cm³/mol. The van der Waals surface area contributed by atoms with Crippen LogP contribution in [0.1, 0.15) is 52.9 Å². The molecule has 0 spiro atoms. The standard InChI is InChI=1S/C14H23NOS/c1-4-17-10-6-9-14(11-15)8-5-7-13(2,3)12(14)16/h4-10H2,1-3H3. The van der Waals surface area contributed by atoms with Gasteiger partial charge in [-0.05, 0) is 37.2 Å². The molecule has 1 fully saturated rings. The van der Waals surface area contributed by atoms with Gasteiger partial charge in [0, 0.05) is 5.41 Å². The minimum atomic E-state index is -0.684. The van der Waals surface area contributed by atoms with Crippen LogP contribution in [0.15, 0.2) is 0 Å². The van der Waals surface area contributed by atoms with Crippen LogP contribution in [0.25, 0.3) is 0 Å². The van der Waals surface area contributed by atoms with E-state index in [9.17, 15) is 10.1 Å². The number of nitriles is 1. The zero-order valence-corrected chi connectivity index (χ0v) is 12.0. The average molecular weight is 253 g/mol. The Balaban J connectivity index is 2.68. The summed E-state index contributed by atoms with van der Waals surface area (Å²) in [4.78, 5) is 12.4. The molecule has 17 heavy (non-hydrogen) atoms. The highest BCUT2D eigenvalue weighted by molar-refractivity contribution is 7.99. The number of rotatable bonds is 5. The third-order valence-corrected chi connectivity index (χ3v) is 4.75. The Morgan fingerprint density at radius 2 is 2.12 bits per heavy atom. The summed E-state index contributed by atoms with van der Waals surface area (Å²) in [5, 5.41) is 9.42. The van der Waals surface area contributed by atoms with Crippen LogP contribution in [0.3, 0.4) is 0 Å². The van der Waals surface area contributed by atoms with Crippen molar-refractivity contribution < 1.29 is 4.79 Å². The van der Waals surface area contributed by atoms with Crippen molar-refractivity contribution in [2.45, 2.75) is 52.9 Å². The summed E-state index contributed by atoms with van der Waals surface area (Å²) < 4.78 is 0. The minimum Gasteiger partial charge on any atom is -0.297 e. The number of thioether (sulfide) groups is 1. The Kier molecular flexibility index (Phi) is 5.06. The van der Waals surface area contributed by atoms with E-state index in [2.05, 4.69) is 13.0 Å². The van der Waals surface area contributed by atoms with Crippen molar-refractivity contribution in [3.8, 4) is 6.07 Å². The normalized spacial score (nSPS) is 27.8. The number of carbonyl (C=O) groups is 1.